The summed E-state index contributed by atoms with van der Waals surface area (Å²) in [6, 6.07) is 3.43. The molecule has 0 aliphatic rings. The van der Waals surface area contributed by atoms with Crippen LogP contribution in [-0.2, 0) is 4.74 Å². The zero-order valence-electron chi connectivity index (χ0n) is 8.04. The summed E-state index contributed by atoms with van der Waals surface area (Å²) in [5.41, 5.74) is 0. The summed E-state index contributed by atoms with van der Waals surface area (Å²) in [7, 11) is 1.60. The highest BCUT2D eigenvalue weighted by Gasteiger charge is 2.11. The van der Waals surface area contributed by atoms with Gasteiger partial charge >= 0.3 is 0 Å². The molecule has 1 heterocycles. The molecule has 0 aromatic carbocycles. The summed E-state index contributed by atoms with van der Waals surface area (Å²) in [4.78, 5) is 12.2. The van der Waals surface area contributed by atoms with Gasteiger partial charge in [0, 0.05) is 13.2 Å². The molecular formula is C9H12ClNO2S. The quantitative estimate of drug-likeness (QED) is 0.866. The van der Waals surface area contributed by atoms with Crippen molar-refractivity contribution in [1.29, 1.82) is 0 Å². The van der Waals surface area contributed by atoms with Crippen molar-refractivity contribution in [2.24, 2.45) is 0 Å². The Labute approximate surface area is 92.0 Å². The molecule has 0 aliphatic carbocycles. The molecule has 1 aromatic rings. The van der Waals surface area contributed by atoms with E-state index >= 15 is 0 Å². The van der Waals surface area contributed by atoms with Crippen LogP contribution < -0.4 is 5.32 Å². The fourth-order valence-electron chi connectivity index (χ4n) is 1.02. The van der Waals surface area contributed by atoms with E-state index in [1.54, 1.807) is 19.2 Å². The molecule has 0 spiro atoms. The normalized spacial score (nSPS) is 12.5. The zero-order chi connectivity index (χ0) is 10.6. The van der Waals surface area contributed by atoms with Gasteiger partial charge < -0.3 is 10.1 Å². The standard InChI is InChI=1S/C9H12ClNO2S/c1-6(5-13-2)11-9(12)7-3-4-8(10)14-7/h3-4,6H,5H2,1-2H3,(H,11,12). The van der Waals surface area contributed by atoms with Crippen LogP contribution in [0.5, 0.6) is 0 Å². The number of carbonyl (C=O) groups is 1. The number of hydrogen-bond acceptors (Lipinski definition) is 3. The molecule has 0 saturated heterocycles. The average molecular weight is 234 g/mol. The average Bonchev–Trinajstić information content (AvgIpc) is 2.52. The largest absolute Gasteiger partial charge is 0.383 e. The molecule has 5 heteroatoms. The smallest absolute Gasteiger partial charge is 0.261 e. The Morgan fingerprint density at radius 2 is 2.43 bits per heavy atom. The molecular weight excluding hydrogens is 222 g/mol. The van der Waals surface area contributed by atoms with Gasteiger partial charge in [0.05, 0.1) is 15.8 Å². The number of amides is 1. The molecule has 1 unspecified atom stereocenters. The van der Waals surface area contributed by atoms with Gasteiger partial charge in [-0.2, -0.15) is 0 Å². The van der Waals surface area contributed by atoms with Crippen molar-refractivity contribution >= 4 is 28.8 Å². The van der Waals surface area contributed by atoms with Gasteiger partial charge in [-0.05, 0) is 19.1 Å². The highest BCUT2D eigenvalue weighted by atomic mass is 35.5. The Morgan fingerprint density at radius 3 is 2.93 bits per heavy atom. The second kappa shape index (κ2) is 5.34. The summed E-state index contributed by atoms with van der Waals surface area (Å²) in [5, 5.41) is 2.80. The highest BCUT2D eigenvalue weighted by molar-refractivity contribution is 7.17. The predicted molar refractivity (Wildman–Crippen MR) is 58.1 cm³/mol. The molecule has 0 radical (unpaired) electrons. The van der Waals surface area contributed by atoms with E-state index in [1.165, 1.54) is 11.3 Å². The van der Waals surface area contributed by atoms with E-state index in [-0.39, 0.29) is 11.9 Å². The third-order valence-corrected chi connectivity index (χ3v) is 2.82. The van der Waals surface area contributed by atoms with E-state index in [1.807, 2.05) is 6.92 Å². The first-order chi connectivity index (χ1) is 6.63. The first kappa shape index (κ1) is 11.5. The summed E-state index contributed by atoms with van der Waals surface area (Å²) >= 11 is 6.98. The van der Waals surface area contributed by atoms with Crippen molar-refractivity contribution in [1.82, 2.24) is 5.32 Å². The van der Waals surface area contributed by atoms with E-state index < -0.39 is 0 Å². The molecule has 1 N–H and O–H groups in total. The second-order valence-electron chi connectivity index (χ2n) is 2.93. The van der Waals surface area contributed by atoms with Crippen molar-refractivity contribution in [3.63, 3.8) is 0 Å². The van der Waals surface area contributed by atoms with Crippen LogP contribution in [0.2, 0.25) is 4.34 Å². The lowest BCUT2D eigenvalue weighted by Gasteiger charge is -2.11. The molecule has 1 rings (SSSR count). The molecule has 1 aromatic heterocycles. The first-order valence-electron chi connectivity index (χ1n) is 4.18. The Hall–Kier alpha value is -0.580. The van der Waals surface area contributed by atoms with Crippen molar-refractivity contribution in [3.05, 3.63) is 21.3 Å². The molecule has 1 atom stereocenters. The first-order valence-corrected chi connectivity index (χ1v) is 5.38. The van der Waals surface area contributed by atoms with Crippen molar-refractivity contribution in [3.8, 4) is 0 Å². The minimum atomic E-state index is -0.105. The van der Waals surface area contributed by atoms with Crippen molar-refractivity contribution in [2.45, 2.75) is 13.0 Å². The van der Waals surface area contributed by atoms with Crippen LogP contribution in [0.3, 0.4) is 0 Å². The third kappa shape index (κ3) is 3.29. The number of methoxy groups -OCH3 is 1. The summed E-state index contributed by atoms with van der Waals surface area (Å²) in [6.45, 7) is 2.39. The van der Waals surface area contributed by atoms with Gasteiger partial charge in [0.2, 0.25) is 0 Å². The minimum absolute atomic E-state index is 0.00776. The predicted octanol–water partition coefficient (Wildman–Crippen LogP) is 2.17. The van der Waals surface area contributed by atoms with Crippen LogP contribution in [0, 0.1) is 0 Å². The van der Waals surface area contributed by atoms with Crippen LogP contribution in [0.1, 0.15) is 16.6 Å². The molecule has 14 heavy (non-hydrogen) atoms. The van der Waals surface area contributed by atoms with Crippen LogP contribution in [0.15, 0.2) is 12.1 Å². The van der Waals surface area contributed by atoms with Gasteiger partial charge in [0.1, 0.15) is 0 Å². The maximum Gasteiger partial charge on any atom is 0.261 e. The van der Waals surface area contributed by atoms with Crippen molar-refractivity contribution in [2.75, 3.05) is 13.7 Å². The zero-order valence-corrected chi connectivity index (χ0v) is 9.61. The van der Waals surface area contributed by atoms with Gasteiger partial charge in [0.15, 0.2) is 0 Å². The Kier molecular flexibility index (Phi) is 4.38. The van der Waals surface area contributed by atoms with Crippen LogP contribution in [0.4, 0.5) is 0 Å². The van der Waals surface area contributed by atoms with Crippen LogP contribution in [-0.4, -0.2) is 25.7 Å². The number of rotatable bonds is 4. The Morgan fingerprint density at radius 1 is 1.71 bits per heavy atom. The lowest BCUT2D eigenvalue weighted by atomic mass is 10.3. The van der Waals surface area contributed by atoms with Crippen LogP contribution in [0.25, 0.3) is 0 Å². The van der Waals surface area contributed by atoms with E-state index in [2.05, 4.69) is 5.32 Å². The summed E-state index contributed by atoms with van der Waals surface area (Å²) in [6.07, 6.45) is 0. The molecule has 0 aliphatic heterocycles. The van der Waals surface area contributed by atoms with Gasteiger partial charge in [-0.1, -0.05) is 11.6 Å². The number of halogens is 1. The maximum absolute atomic E-state index is 11.5. The van der Waals surface area contributed by atoms with Crippen molar-refractivity contribution < 1.29 is 9.53 Å². The monoisotopic (exact) mass is 233 g/mol. The number of carbonyl (C=O) groups excluding carboxylic acids is 1. The van der Waals surface area contributed by atoms with E-state index in [0.717, 1.165) is 0 Å². The number of thiophene rings is 1. The fraction of sp³-hybridized carbons (Fsp3) is 0.444. The van der Waals surface area contributed by atoms with E-state index in [4.69, 9.17) is 16.3 Å². The van der Waals surface area contributed by atoms with E-state index in [9.17, 15) is 4.79 Å². The second-order valence-corrected chi connectivity index (χ2v) is 4.65. The molecule has 0 bridgehead atoms. The van der Waals surface area contributed by atoms with Gasteiger partial charge in [-0.15, -0.1) is 11.3 Å². The van der Waals surface area contributed by atoms with Crippen LogP contribution >= 0.6 is 22.9 Å². The maximum atomic E-state index is 11.5. The highest BCUT2D eigenvalue weighted by Crippen LogP contribution is 2.21. The molecule has 1 amide bonds. The number of nitrogens with one attached hydrogen (secondary N) is 1. The van der Waals surface area contributed by atoms with Gasteiger partial charge in [-0.25, -0.2) is 0 Å². The molecule has 0 saturated carbocycles. The number of hydrogen-bond donors (Lipinski definition) is 1. The summed E-state index contributed by atoms with van der Waals surface area (Å²) in [5.74, 6) is -0.105. The summed E-state index contributed by atoms with van der Waals surface area (Å²) < 4.78 is 5.53. The van der Waals surface area contributed by atoms with E-state index in [0.29, 0.717) is 15.8 Å². The third-order valence-electron chi connectivity index (χ3n) is 1.59. The molecule has 3 nitrogen and oxygen atoms in total. The lowest BCUT2D eigenvalue weighted by Crippen LogP contribution is -2.35. The molecule has 78 valence electrons. The topological polar surface area (TPSA) is 38.3 Å². The minimum Gasteiger partial charge on any atom is -0.383 e. The number of ether oxygens (including phenoxy) is 1. The Bertz CT molecular complexity index is 314. The lowest BCUT2D eigenvalue weighted by molar-refractivity contribution is 0.0909. The van der Waals surface area contributed by atoms with Gasteiger partial charge in [-0.3, -0.25) is 4.79 Å². The fourth-order valence-corrected chi connectivity index (χ4v) is 1.97. The molecule has 0 fully saturated rings. The SMILES string of the molecule is COCC(C)NC(=O)c1ccc(Cl)s1. The Balaban J connectivity index is 2.50. The van der Waals surface area contributed by atoms with Gasteiger partial charge in [0.25, 0.3) is 5.91 Å².